The Labute approximate surface area is 88.6 Å². The first-order chi connectivity index (χ1) is 6.85. The number of ether oxygens (including phenoxy) is 1. The monoisotopic (exact) mass is 212 g/mol. The maximum Gasteiger partial charge on any atom is 0.0920 e. The van der Waals surface area contributed by atoms with Crippen molar-refractivity contribution in [2.24, 2.45) is 0 Å². The number of aromatic nitrogens is 1. The van der Waals surface area contributed by atoms with Crippen molar-refractivity contribution in [3.63, 3.8) is 0 Å². The Balaban J connectivity index is 2.10. The van der Waals surface area contributed by atoms with Crippen LogP contribution in [0.25, 0.3) is 0 Å². The lowest BCUT2D eigenvalue weighted by molar-refractivity contribution is 0.0787. The first-order valence-electron chi connectivity index (χ1n) is 4.61. The molecule has 1 aromatic rings. The van der Waals surface area contributed by atoms with Crippen molar-refractivity contribution >= 4 is 17.3 Å². The molecule has 1 aliphatic heterocycles. The fourth-order valence-electron chi connectivity index (χ4n) is 1.62. The molecule has 1 saturated heterocycles. The van der Waals surface area contributed by atoms with E-state index in [4.69, 9.17) is 16.3 Å². The highest BCUT2D eigenvalue weighted by Crippen LogP contribution is 2.26. The highest BCUT2D eigenvalue weighted by atomic mass is 35.5. The highest BCUT2D eigenvalue weighted by Gasteiger charge is 2.27. The summed E-state index contributed by atoms with van der Waals surface area (Å²) in [5.74, 6) is 0.511. The van der Waals surface area contributed by atoms with Crippen LogP contribution < -0.4 is 4.90 Å². The van der Waals surface area contributed by atoms with Gasteiger partial charge in [0.05, 0.1) is 12.0 Å². The largest absolute Gasteiger partial charge is 0.378 e. The third-order valence-electron chi connectivity index (χ3n) is 2.54. The summed E-state index contributed by atoms with van der Waals surface area (Å²) in [5, 5.41) is 0. The molecule has 2 heterocycles. The SMILES string of the molecule is COC1CN(c2ccncc2CCl)C1. The lowest BCUT2D eigenvalue weighted by Gasteiger charge is -2.40. The summed E-state index contributed by atoms with van der Waals surface area (Å²) in [5.41, 5.74) is 2.27. The Morgan fingerprint density at radius 2 is 2.43 bits per heavy atom. The second-order valence-corrected chi connectivity index (χ2v) is 3.67. The zero-order valence-corrected chi connectivity index (χ0v) is 8.87. The van der Waals surface area contributed by atoms with E-state index in [1.807, 2.05) is 12.3 Å². The minimum atomic E-state index is 0.367. The maximum absolute atomic E-state index is 5.83. The normalized spacial score (nSPS) is 16.9. The molecule has 2 rings (SSSR count). The lowest BCUT2D eigenvalue weighted by Crippen LogP contribution is -2.52. The third-order valence-corrected chi connectivity index (χ3v) is 2.83. The first-order valence-corrected chi connectivity index (χ1v) is 5.15. The van der Waals surface area contributed by atoms with Gasteiger partial charge in [-0.3, -0.25) is 4.98 Å². The summed E-state index contributed by atoms with van der Waals surface area (Å²) in [4.78, 5) is 6.31. The van der Waals surface area contributed by atoms with Gasteiger partial charge in [-0.05, 0) is 6.07 Å². The number of pyridine rings is 1. The quantitative estimate of drug-likeness (QED) is 0.713. The summed E-state index contributed by atoms with van der Waals surface area (Å²) >= 11 is 5.83. The van der Waals surface area contributed by atoms with Gasteiger partial charge >= 0.3 is 0 Å². The van der Waals surface area contributed by atoms with E-state index in [2.05, 4.69) is 9.88 Å². The van der Waals surface area contributed by atoms with Crippen LogP contribution in [0.2, 0.25) is 0 Å². The fraction of sp³-hybridized carbons (Fsp3) is 0.500. The lowest BCUT2D eigenvalue weighted by atomic mass is 10.1. The number of hydrogen-bond acceptors (Lipinski definition) is 3. The van der Waals surface area contributed by atoms with Crippen LogP contribution in [-0.4, -0.2) is 31.3 Å². The second-order valence-electron chi connectivity index (χ2n) is 3.40. The number of alkyl halides is 1. The van der Waals surface area contributed by atoms with Gasteiger partial charge in [0, 0.05) is 43.8 Å². The maximum atomic E-state index is 5.83. The molecular weight excluding hydrogens is 200 g/mol. The first kappa shape index (κ1) is 9.74. The number of rotatable bonds is 3. The summed E-state index contributed by atoms with van der Waals surface area (Å²) < 4.78 is 5.22. The van der Waals surface area contributed by atoms with E-state index < -0.39 is 0 Å². The Kier molecular flexibility index (Phi) is 2.89. The minimum absolute atomic E-state index is 0.367. The molecular formula is C10H13ClN2O. The molecule has 0 saturated carbocycles. The summed E-state index contributed by atoms with van der Waals surface area (Å²) in [6, 6.07) is 2.00. The topological polar surface area (TPSA) is 25.4 Å². The van der Waals surface area contributed by atoms with Gasteiger partial charge in [-0.1, -0.05) is 0 Å². The van der Waals surface area contributed by atoms with E-state index >= 15 is 0 Å². The number of anilines is 1. The van der Waals surface area contributed by atoms with Gasteiger partial charge in [0.1, 0.15) is 0 Å². The van der Waals surface area contributed by atoms with Gasteiger partial charge in [-0.2, -0.15) is 0 Å². The van der Waals surface area contributed by atoms with Gasteiger partial charge in [-0.25, -0.2) is 0 Å². The number of halogens is 1. The molecule has 3 nitrogen and oxygen atoms in total. The van der Waals surface area contributed by atoms with Crippen molar-refractivity contribution < 1.29 is 4.74 Å². The van der Waals surface area contributed by atoms with E-state index in [9.17, 15) is 0 Å². The van der Waals surface area contributed by atoms with Crippen LogP contribution in [0.1, 0.15) is 5.56 Å². The Bertz CT molecular complexity index is 313. The zero-order chi connectivity index (χ0) is 9.97. The van der Waals surface area contributed by atoms with Crippen LogP contribution in [0.5, 0.6) is 0 Å². The van der Waals surface area contributed by atoms with E-state index in [-0.39, 0.29) is 0 Å². The second kappa shape index (κ2) is 4.15. The molecule has 1 fully saturated rings. The molecule has 0 aromatic carbocycles. The van der Waals surface area contributed by atoms with E-state index in [1.54, 1.807) is 13.3 Å². The minimum Gasteiger partial charge on any atom is -0.378 e. The predicted molar refractivity (Wildman–Crippen MR) is 56.8 cm³/mol. The summed E-state index contributed by atoms with van der Waals surface area (Å²) in [7, 11) is 1.75. The fourth-order valence-corrected chi connectivity index (χ4v) is 1.82. The number of hydrogen-bond donors (Lipinski definition) is 0. The predicted octanol–water partition coefficient (Wildman–Crippen LogP) is 1.66. The van der Waals surface area contributed by atoms with Crippen molar-refractivity contribution in [3.05, 3.63) is 24.0 Å². The molecule has 0 spiro atoms. The molecule has 1 aliphatic rings. The Morgan fingerprint density at radius 3 is 3.07 bits per heavy atom. The molecule has 0 radical (unpaired) electrons. The molecule has 1 aromatic heterocycles. The van der Waals surface area contributed by atoms with Gasteiger partial charge in [-0.15, -0.1) is 11.6 Å². The zero-order valence-electron chi connectivity index (χ0n) is 8.11. The van der Waals surface area contributed by atoms with Gasteiger partial charge in [0.2, 0.25) is 0 Å². The van der Waals surface area contributed by atoms with Crippen molar-refractivity contribution in [2.45, 2.75) is 12.0 Å². The van der Waals surface area contributed by atoms with Crippen molar-refractivity contribution in [2.75, 3.05) is 25.1 Å². The smallest absolute Gasteiger partial charge is 0.0920 e. The summed E-state index contributed by atoms with van der Waals surface area (Å²) in [6.45, 7) is 1.90. The molecule has 0 amide bonds. The molecule has 0 atom stereocenters. The molecule has 0 unspecified atom stereocenters. The average Bonchev–Trinajstić information content (AvgIpc) is 2.17. The summed E-state index contributed by atoms with van der Waals surface area (Å²) in [6.07, 6.45) is 3.99. The van der Waals surface area contributed by atoms with E-state index in [1.165, 1.54) is 5.69 Å². The Hall–Kier alpha value is -0.800. The van der Waals surface area contributed by atoms with Crippen molar-refractivity contribution in [1.29, 1.82) is 0 Å². The van der Waals surface area contributed by atoms with Gasteiger partial charge < -0.3 is 9.64 Å². The van der Waals surface area contributed by atoms with E-state index in [0.29, 0.717) is 12.0 Å². The molecule has 0 aliphatic carbocycles. The van der Waals surface area contributed by atoms with Crippen LogP contribution in [0.4, 0.5) is 5.69 Å². The van der Waals surface area contributed by atoms with Crippen LogP contribution in [-0.2, 0) is 10.6 Å². The molecule has 0 bridgehead atoms. The molecule has 0 N–H and O–H groups in total. The number of methoxy groups -OCH3 is 1. The molecule has 76 valence electrons. The molecule has 14 heavy (non-hydrogen) atoms. The van der Waals surface area contributed by atoms with E-state index in [0.717, 1.165) is 18.7 Å². The standard InChI is InChI=1S/C10H13ClN2O/c1-14-9-6-13(7-9)10-2-3-12-5-8(10)4-11/h2-3,5,9H,4,6-7H2,1H3. The highest BCUT2D eigenvalue weighted by molar-refractivity contribution is 6.17. The third kappa shape index (κ3) is 1.70. The average molecular weight is 213 g/mol. The van der Waals surface area contributed by atoms with Crippen LogP contribution in [0.15, 0.2) is 18.5 Å². The molecule has 4 heteroatoms. The van der Waals surface area contributed by atoms with Crippen molar-refractivity contribution in [3.8, 4) is 0 Å². The van der Waals surface area contributed by atoms with Crippen LogP contribution in [0.3, 0.4) is 0 Å². The number of nitrogens with zero attached hydrogens (tertiary/aromatic N) is 2. The van der Waals surface area contributed by atoms with Gasteiger partial charge in [0.25, 0.3) is 0 Å². The van der Waals surface area contributed by atoms with Crippen molar-refractivity contribution in [1.82, 2.24) is 4.98 Å². The van der Waals surface area contributed by atoms with Crippen LogP contribution >= 0.6 is 11.6 Å². The van der Waals surface area contributed by atoms with Gasteiger partial charge in [0.15, 0.2) is 0 Å². The Morgan fingerprint density at radius 1 is 1.64 bits per heavy atom. The van der Waals surface area contributed by atoms with Crippen LogP contribution in [0, 0.1) is 0 Å².